The van der Waals surface area contributed by atoms with Crippen molar-refractivity contribution < 1.29 is 27.3 Å². The summed E-state index contributed by atoms with van der Waals surface area (Å²) in [7, 11) is -2.46. The van der Waals surface area contributed by atoms with Crippen LogP contribution in [0.5, 0.6) is 5.75 Å². The lowest BCUT2D eigenvalue weighted by molar-refractivity contribution is -0.123. The zero-order valence-electron chi connectivity index (χ0n) is 17.5. The molecule has 0 spiro atoms. The molecule has 0 saturated carbocycles. The number of methoxy groups -OCH3 is 1. The first-order valence-corrected chi connectivity index (χ1v) is 13.4. The van der Waals surface area contributed by atoms with E-state index in [9.17, 15) is 18.0 Å². The van der Waals surface area contributed by atoms with Crippen LogP contribution in [0.2, 0.25) is 0 Å². The van der Waals surface area contributed by atoms with E-state index in [2.05, 4.69) is 5.32 Å². The first kappa shape index (κ1) is 24.8. The van der Waals surface area contributed by atoms with E-state index in [-0.39, 0.29) is 30.5 Å². The van der Waals surface area contributed by atoms with Crippen molar-refractivity contribution in [2.24, 2.45) is 0 Å². The molecule has 2 amide bonds. The number of fused-ring (bicyclic) bond motifs is 1. The van der Waals surface area contributed by atoms with Gasteiger partial charge in [0.25, 0.3) is 16.0 Å². The SMILES string of the molecule is COc1ccc2c(c1)N(CCCCS(=O)(=O)O)/C(=C1/SC(=S)N(CCNC(C)=O)C1=O)S2. The molecule has 9 nitrogen and oxygen atoms in total. The van der Waals surface area contributed by atoms with E-state index in [1.165, 1.54) is 35.3 Å². The normalized spacial score (nSPS) is 18.3. The lowest BCUT2D eigenvalue weighted by Gasteiger charge is -2.22. The minimum atomic E-state index is -4.03. The second-order valence-corrected chi connectivity index (χ2v) is 11.3. The molecule has 0 aliphatic carbocycles. The Bertz CT molecular complexity index is 1070. The Morgan fingerprint density at radius 3 is 2.62 bits per heavy atom. The molecule has 0 aromatic heterocycles. The van der Waals surface area contributed by atoms with E-state index in [0.29, 0.717) is 34.5 Å². The Hall–Kier alpha value is -1.80. The minimum absolute atomic E-state index is 0.180. The van der Waals surface area contributed by atoms with Gasteiger partial charge in [-0.2, -0.15) is 8.42 Å². The van der Waals surface area contributed by atoms with E-state index in [0.717, 1.165) is 15.6 Å². The third kappa shape index (κ3) is 5.95. The predicted molar refractivity (Wildman–Crippen MR) is 129 cm³/mol. The van der Waals surface area contributed by atoms with Gasteiger partial charge < -0.3 is 15.0 Å². The number of ether oxygens (including phenoxy) is 1. The van der Waals surface area contributed by atoms with Crippen LogP contribution < -0.4 is 15.0 Å². The van der Waals surface area contributed by atoms with E-state index in [1.807, 2.05) is 23.1 Å². The molecule has 2 N–H and O–H groups in total. The number of nitrogens with one attached hydrogen (secondary N) is 1. The Morgan fingerprint density at radius 2 is 1.97 bits per heavy atom. The molecule has 1 fully saturated rings. The fourth-order valence-corrected chi connectivity index (χ4v) is 6.39. The van der Waals surface area contributed by atoms with Crippen molar-refractivity contribution >= 4 is 67.7 Å². The highest BCUT2D eigenvalue weighted by Crippen LogP contribution is 2.51. The standard InChI is InChI=1S/C19H23N3O6S4/c1-12(23)20-7-9-22-17(24)16(31-19(22)29)18-21(8-3-4-10-32(25,26)27)14-11-13(28-2)5-6-15(14)30-18/h5-6,11H,3-4,7-10H2,1-2H3,(H,20,23)(H,25,26,27)/b18-16-. The number of anilines is 1. The Labute approximate surface area is 200 Å². The topological polar surface area (TPSA) is 116 Å². The van der Waals surface area contributed by atoms with E-state index < -0.39 is 10.1 Å². The van der Waals surface area contributed by atoms with Gasteiger partial charge in [0.1, 0.15) is 20.0 Å². The lowest BCUT2D eigenvalue weighted by Crippen LogP contribution is -2.36. The average Bonchev–Trinajstić information content (AvgIpc) is 3.21. The lowest BCUT2D eigenvalue weighted by atomic mass is 10.2. The molecule has 1 aromatic rings. The number of rotatable bonds is 9. The number of benzene rings is 1. The maximum Gasteiger partial charge on any atom is 0.268 e. The zero-order chi connectivity index (χ0) is 23.5. The molecule has 2 aliphatic rings. The van der Waals surface area contributed by atoms with Gasteiger partial charge in [0.15, 0.2) is 0 Å². The predicted octanol–water partition coefficient (Wildman–Crippen LogP) is 2.44. The molecule has 0 bridgehead atoms. The summed E-state index contributed by atoms with van der Waals surface area (Å²) in [5, 5.41) is 3.38. The highest BCUT2D eigenvalue weighted by molar-refractivity contribution is 8.27. The van der Waals surface area contributed by atoms with Crippen molar-refractivity contribution in [3.05, 3.63) is 28.1 Å². The molecule has 1 aromatic carbocycles. The van der Waals surface area contributed by atoms with Crippen LogP contribution in [0.1, 0.15) is 19.8 Å². The van der Waals surface area contributed by atoms with Gasteiger partial charge in [-0.15, -0.1) is 0 Å². The van der Waals surface area contributed by atoms with Crippen molar-refractivity contribution in [1.82, 2.24) is 10.2 Å². The molecular weight excluding hydrogens is 494 g/mol. The highest BCUT2D eigenvalue weighted by Gasteiger charge is 2.39. The van der Waals surface area contributed by atoms with Crippen LogP contribution in [0.25, 0.3) is 0 Å². The van der Waals surface area contributed by atoms with Crippen molar-refractivity contribution in [1.29, 1.82) is 0 Å². The number of hydrogen-bond acceptors (Lipinski definition) is 9. The van der Waals surface area contributed by atoms with Crippen LogP contribution in [0.4, 0.5) is 5.69 Å². The molecular formula is C19H23N3O6S4. The first-order chi connectivity index (χ1) is 15.1. The molecule has 32 heavy (non-hydrogen) atoms. The second-order valence-electron chi connectivity index (χ2n) is 7.02. The van der Waals surface area contributed by atoms with Gasteiger partial charge in [-0.1, -0.05) is 35.7 Å². The zero-order valence-corrected chi connectivity index (χ0v) is 20.8. The van der Waals surface area contributed by atoms with Gasteiger partial charge in [-0.25, -0.2) is 0 Å². The van der Waals surface area contributed by atoms with Crippen LogP contribution >= 0.6 is 35.7 Å². The number of carbonyl (C=O) groups is 2. The molecule has 13 heteroatoms. The fourth-order valence-electron chi connectivity index (χ4n) is 3.20. The number of hydrogen-bond donors (Lipinski definition) is 2. The van der Waals surface area contributed by atoms with Gasteiger partial charge in [0.05, 0.1) is 18.6 Å². The molecule has 174 valence electrons. The van der Waals surface area contributed by atoms with Gasteiger partial charge in [0.2, 0.25) is 5.91 Å². The number of thioether (sulfide) groups is 2. The molecule has 0 atom stereocenters. The fraction of sp³-hybridized carbons (Fsp3) is 0.421. The summed E-state index contributed by atoms with van der Waals surface area (Å²) < 4.78 is 36.8. The first-order valence-electron chi connectivity index (χ1n) is 9.71. The third-order valence-corrected chi connectivity index (χ3v) is 8.25. The molecule has 2 heterocycles. The minimum Gasteiger partial charge on any atom is -0.497 e. The summed E-state index contributed by atoms with van der Waals surface area (Å²) in [6.07, 6.45) is 0.771. The monoisotopic (exact) mass is 517 g/mol. The Balaban J connectivity index is 1.85. The Morgan fingerprint density at radius 1 is 1.22 bits per heavy atom. The maximum atomic E-state index is 13.1. The molecule has 1 saturated heterocycles. The Kier molecular flexibility index (Phi) is 8.09. The van der Waals surface area contributed by atoms with E-state index in [1.54, 1.807) is 7.11 Å². The molecule has 3 rings (SSSR count). The number of nitrogens with zero attached hydrogens (tertiary/aromatic N) is 2. The van der Waals surface area contributed by atoms with Crippen LogP contribution in [0.15, 0.2) is 33.0 Å². The summed E-state index contributed by atoms with van der Waals surface area (Å²) in [6, 6.07) is 5.62. The van der Waals surface area contributed by atoms with Crippen LogP contribution in [-0.2, 0) is 19.7 Å². The van der Waals surface area contributed by atoms with Crippen molar-refractivity contribution in [2.75, 3.05) is 37.4 Å². The smallest absolute Gasteiger partial charge is 0.268 e. The second kappa shape index (κ2) is 10.4. The van der Waals surface area contributed by atoms with Crippen LogP contribution in [0, 0.1) is 0 Å². The summed E-state index contributed by atoms with van der Waals surface area (Å²) in [4.78, 5) is 29.1. The number of thiocarbonyl (C=S) groups is 1. The summed E-state index contributed by atoms with van der Waals surface area (Å²) in [5.74, 6) is -0.0629. The summed E-state index contributed by atoms with van der Waals surface area (Å²) >= 11 is 8.06. The summed E-state index contributed by atoms with van der Waals surface area (Å²) in [6.45, 7) is 2.44. The van der Waals surface area contributed by atoms with Crippen LogP contribution in [0.3, 0.4) is 0 Å². The number of carbonyl (C=O) groups excluding carboxylic acids is 2. The average molecular weight is 518 g/mol. The van der Waals surface area contributed by atoms with E-state index in [4.69, 9.17) is 21.5 Å². The number of unbranched alkanes of at least 4 members (excludes halogenated alkanes) is 1. The quantitative estimate of drug-likeness (QED) is 0.219. The van der Waals surface area contributed by atoms with Crippen LogP contribution in [-0.4, -0.2) is 66.5 Å². The molecule has 0 unspecified atom stereocenters. The highest BCUT2D eigenvalue weighted by atomic mass is 32.2. The van der Waals surface area contributed by atoms with Crippen molar-refractivity contribution in [3.8, 4) is 5.75 Å². The van der Waals surface area contributed by atoms with Gasteiger partial charge in [-0.05, 0) is 25.0 Å². The van der Waals surface area contributed by atoms with E-state index >= 15 is 0 Å². The number of amides is 2. The molecule has 0 radical (unpaired) electrons. The van der Waals surface area contributed by atoms with Gasteiger partial charge >= 0.3 is 0 Å². The molecule has 2 aliphatic heterocycles. The van der Waals surface area contributed by atoms with Crippen molar-refractivity contribution in [3.63, 3.8) is 0 Å². The van der Waals surface area contributed by atoms with Crippen molar-refractivity contribution in [2.45, 2.75) is 24.7 Å². The summed E-state index contributed by atoms with van der Waals surface area (Å²) in [5.41, 5.74) is 0.861. The largest absolute Gasteiger partial charge is 0.497 e. The third-order valence-electron chi connectivity index (χ3n) is 4.70. The maximum absolute atomic E-state index is 13.1. The van der Waals surface area contributed by atoms with Gasteiger partial charge in [0, 0.05) is 37.5 Å². The van der Waals surface area contributed by atoms with Gasteiger partial charge in [-0.3, -0.25) is 19.0 Å².